The largest absolute Gasteiger partial charge is 0.309 e. The lowest BCUT2D eigenvalue weighted by Crippen LogP contribution is -2.33. The van der Waals surface area contributed by atoms with Crippen LogP contribution in [0.1, 0.15) is 0 Å². The van der Waals surface area contributed by atoms with E-state index in [0.717, 1.165) is 83.1 Å². The predicted octanol–water partition coefficient (Wildman–Crippen LogP) is 11.6. The molecule has 7 aromatic carbocycles. The van der Waals surface area contributed by atoms with E-state index in [0.29, 0.717) is 0 Å². The van der Waals surface area contributed by atoms with Gasteiger partial charge in [0.15, 0.2) is 0 Å². The van der Waals surface area contributed by atoms with Crippen molar-refractivity contribution < 1.29 is 4.57 Å². The van der Waals surface area contributed by atoms with Gasteiger partial charge in [-0.1, -0.05) is 133 Å². The van der Waals surface area contributed by atoms with Gasteiger partial charge in [0.05, 0.1) is 33.8 Å². The molecular formula is C47H32N3OP. The third-order valence-corrected chi connectivity index (χ3v) is 13.2. The molecule has 1 aliphatic rings. The lowest BCUT2D eigenvalue weighted by Gasteiger charge is -2.40. The number of rotatable bonds is 5. The molecule has 3 heterocycles. The highest BCUT2D eigenvalue weighted by atomic mass is 31.2. The summed E-state index contributed by atoms with van der Waals surface area (Å²) in [5, 5.41) is 3.93. The van der Waals surface area contributed by atoms with Crippen LogP contribution in [0.4, 0.5) is 11.4 Å². The van der Waals surface area contributed by atoms with E-state index in [-0.39, 0.29) is 0 Å². The van der Waals surface area contributed by atoms with Crippen molar-refractivity contribution in [2.24, 2.45) is 0 Å². The van der Waals surface area contributed by atoms with Gasteiger partial charge in [0.25, 0.3) is 0 Å². The zero-order valence-corrected chi connectivity index (χ0v) is 29.1. The molecule has 0 spiro atoms. The normalized spacial score (nSPS) is 15.0. The minimum atomic E-state index is -3.40. The monoisotopic (exact) mass is 685 g/mol. The minimum Gasteiger partial charge on any atom is -0.309 e. The summed E-state index contributed by atoms with van der Waals surface area (Å²) < 4.78 is 20.6. The van der Waals surface area contributed by atoms with E-state index >= 15 is 4.57 Å². The van der Waals surface area contributed by atoms with Crippen molar-refractivity contribution in [3.05, 3.63) is 194 Å². The fraction of sp³-hybridized carbons (Fsp3) is 0. The number of anilines is 2. The van der Waals surface area contributed by atoms with Crippen molar-refractivity contribution in [1.82, 2.24) is 9.55 Å². The van der Waals surface area contributed by atoms with Crippen molar-refractivity contribution in [2.45, 2.75) is 0 Å². The molecule has 1 aliphatic heterocycles. The molecule has 1 atom stereocenters. The molecule has 4 nitrogen and oxygen atoms in total. The molecule has 0 aliphatic carbocycles. The Morgan fingerprint density at radius 3 is 1.67 bits per heavy atom. The van der Waals surface area contributed by atoms with Gasteiger partial charge in [0.1, 0.15) is 0 Å². The molecule has 2 aromatic heterocycles. The van der Waals surface area contributed by atoms with E-state index in [1.54, 1.807) is 0 Å². The first-order chi connectivity index (χ1) is 25.7. The Balaban J connectivity index is 1.32. The first kappa shape index (κ1) is 30.4. The Bertz CT molecular complexity index is 2760. The van der Waals surface area contributed by atoms with Gasteiger partial charge in [-0.25, -0.2) is 4.98 Å². The summed E-state index contributed by atoms with van der Waals surface area (Å²) in [6.07, 6.45) is 0. The molecule has 0 saturated heterocycles. The fourth-order valence-corrected chi connectivity index (χ4v) is 10.9. The smallest absolute Gasteiger partial charge is 0.234 e. The number of hydrogen-bond acceptors (Lipinski definition) is 2. The minimum absolute atomic E-state index is 0.798. The topological polar surface area (TPSA) is 38.1 Å². The van der Waals surface area contributed by atoms with Crippen LogP contribution >= 0.6 is 7.29 Å². The zero-order valence-electron chi connectivity index (χ0n) is 28.2. The van der Waals surface area contributed by atoms with Crippen LogP contribution in [0.15, 0.2) is 194 Å². The Hall–Kier alpha value is -6.48. The first-order valence-corrected chi connectivity index (χ1v) is 19.2. The highest BCUT2D eigenvalue weighted by Gasteiger charge is 2.43. The number of aromatic nitrogens is 2. The lowest BCUT2D eigenvalue weighted by molar-refractivity contribution is 0.587. The maximum absolute atomic E-state index is 16.1. The van der Waals surface area contributed by atoms with Crippen LogP contribution in [0.25, 0.3) is 61.1 Å². The van der Waals surface area contributed by atoms with Crippen molar-refractivity contribution in [2.75, 3.05) is 4.67 Å². The molecule has 0 N–H and O–H groups in total. The van der Waals surface area contributed by atoms with E-state index in [9.17, 15) is 0 Å². The summed E-state index contributed by atoms with van der Waals surface area (Å²) in [7, 11) is -3.40. The van der Waals surface area contributed by atoms with Gasteiger partial charge >= 0.3 is 0 Å². The SMILES string of the molecule is O=P1(c2ccccc2)c2ccccc2-c2cc3c4ccccc4n(-c4cc(-c5ccccc5)nc(-c5ccccc5)c4)c3cc2N1c1ccccc1. The van der Waals surface area contributed by atoms with Crippen molar-refractivity contribution in [1.29, 1.82) is 0 Å². The van der Waals surface area contributed by atoms with Gasteiger partial charge in [-0.15, -0.1) is 0 Å². The van der Waals surface area contributed by atoms with Crippen LogP contribution in [-0.4, -0.2) is 9.55 Å². The summed E-state index contributed by atoms with van der Waals surface area (Å²) >= 11 is 0. The van der Waals surface area contributed by atoms with Gasteiger partial charge in [-0.2, -0.15) is 0 Å². The third kappa shape index (κ3) is 4.69. The molecule has 1 unspecified atom stereocenters. The molecule has 0 fully saturated rings. The maximum atomic E-state index is 16.1. The number of pyridine rings is 1. The Labute approximate surface area is 302 Å². The van der Waals surface area contributed by atoms with E-state index in [4.69, 9.17) is 4.98 Å². The quantitative estimate of drug-likeness (QED) is 0.169. The van der Waals surface area contributed by atoms with E-state index < -0.39 is 7.29 Å². The number of para-hydroxylation sites is 2. The average Bonchev–Trinajstić information content (AvgIpc) is 3.55. The van der Waals surface area contributed by atoms with Gasteiger partial charge in [-0.05, 0) is 66.2 Å². The predicted molar refractivity (Wildman–Crippen MR) is 217 cm³/mol. The molecular weight excluding hydrogens is 654 g/mol. The summed E-state index contributed by atoms with van der Waals surface area (Å²) in [6.45, 7) is 0. The third-order valence-electron chi connectivity index (χ3n) is 10.1. The van der Waals surface area contributed by atoms with Crippen LogP contribution in [0, 0.1) is 0 Å². The fourth-order valence-electron chi connectivity index (χ4n) is 7.81. The van der Waals surface area contributed by atoms with Crippen LogP contribution in [0.3, 0.4) is 0 Å². The molecule has 0 radical (unpaired) electrons. The van der Waals surface area contributed by atoms with Gasteiger partial charge in [0.2, 0.25) is 7.29 Å². The molecule has 52 heavy (non-hydrogen) atoms. The molecule has 10 rings (SSSR count). The van der Waals surface area contributed by atoms with Gasteiger partial charge < -0.3 is 4.57 Å². The Kier molecular flexibility index (Phi) is 7.06. The molecule has 0 bridgehead atoms. The highest BCUT2D eigenvalue weighted by Crippen LogP contribution is 2.61. The van der Waals surface area contributed by atoms with Crippen molar-refractivity contribution in [3.8, 4) is 39.3 Å². The number of fused-ring (bicyclic) bond motifs is 6. The van der Waals surface area contributed by atoms with Crippen LogP contribution in [0.2, 0.25) is 0 Å². The molecule has 0 saturated carbocycles. The average molecular weight is 686 g/mol. The molecule has 9 aromatic rings. The van der Waals surface area contributed by atoms with Crippen LogP contribution < -0.4 is 15.3 Å². The molecule has 5 heteroatoms. The zero-order chi connectivity index (χ0) is 34.6. The maximum Gasteiger partial charge on any atom is 0.234 e. The summed E-state index contributed by atoms with van der Waals surface area (Å²) in [4.78, 5) is 5.19. The van der Waals surface area contributed by atoms with E-state index in [1.807, 2.05) is 72.8 Å². The number of benzene rings is 7. The second-order valence-electron chi connectivity index (χ2n) is 13.1. The van der Waals surface area contributed by atoms with E-state index in [2.05, 4.69) is 131 Å². The molecule has 0 amide bonds. The second-order valence-corrected chi connectivity index (χ2v) is 15.7. The summed E-state index contributed by atoms with van der Waals surface area (Å²) in [5.41, 5.74) is 10.9. The van der Waals surface area contributed by atoms with Crippen molar-refractivity contribution in [3.63, 3.8) is 0 Å². The Morgan fingerprint density at radius 1 is 0.442 bits per heavy atom. The molecule has 246 valence electrons. The first-order valence-electron chi connectivity index (χ1n) is 17.5. The standard InChI is InChI=1S/C47H32N3OP/c51-52(37-23-11-4-12-24-37)47-28-16-14-26-39(47)41-31-40-38-25-13-15-27-44(38)49(45(40)32-46(41)50(52)35-21-9-3-10-22-35)36-29-42(33-17-5-1-6-18-33)48-43(30-36)34-19-7-2-8-20-34/h1-32H. The van der Waals surface area contributed by atoms with Crippen LogP contribution in [-0.2, 0) is 4.57 Å². The second kappa shape index (κ2) is 12.1. The van der Waals surface area contributed by atoms with Gasteiger partial charge in [0, 0.05) is 43.8 Å². The van der Waals surface area contributed by atoms with Crippen LogP contribution in [0.5, 0.6) is 0 Å². The number of hydrogen-bond donors (Lipinski definition) is 0. The Morgan fingerprint density at radius 2 is 1.00 bits per heavy atom. The summed E-state index contributed by atoms with van der Waals surface area (Å²) in [6, 6.07) is 66.6. The van der Waals surface area contributed by atoms with Gasteiger partial charge in [-0.3, -0.25) is 9.24 Å². The number of nitrogens with zero attached hydrogens (tertiary/aromatic N) is 3. The lowest BCUT2D eigenvalue weighted by atomic mass is 9.99. The summed E-state index contributed by atoms with van der Waals surface area (Å²) in [5.74, 6) is 0. The van der Waals surface area contributed by atoms with Crippen molar-refractivity contribution >= 4 is 51.1 Å². The van der Waals surface area contributed by atoms with E-state index in [1.165, 1.54) is 0 Å². The highest BCUT2D eigenvalue weighted by molar-refractivity contribution is 7.80.